The fourth-order valence-corrected chi connectivity index (χ4v) is 3.00. The Morgan fingerprint density at radius 3 is 2.81 bits per heavy atom. The van der Waals surface area contributed by atoms with Crippen LogP contribution in [-0.2, 0) is 18.3 Å². The summed E-state index contributed by atoms with van der Waals surface area (Å²) in [5, 5.41) is 8.16. The molecular formula is C19H22N4O3. The van der Waals surface area contributed by atoms with Gasteiger partial charge in [0.1, 0.15) is 0 Å². The van der Waals surface area contributed by atoms with Gasteiger partial charge in [0.2, 0.25) is 5.91 Å². The molecule has 2 heterocycles. The van der Waals surface area contributed by atoms with Crippen LogP contribution in [0.5, 0.6) is 11.5 Å². The van der Waals surface area contributed by atoms with Crippen molar-refractivity contribution in [3.05, 3.63) is 41.7 Å². The van der Waals surface area contributed by atoms with Gasteiger partial charge in [-0.1, -0.05) is 12.1 Å². The smallest absolute Gasteiger partial charge is 0.224 e. The zero-order valence-electron chi connectivity index (χ0n) is 15.4. The molecule has 0 aliphatic heterocycles. The second-order valence-corrected chi connectivity index (χ2v) is 6.00. The first-order valence-electron chi connectivity index (χ1n) is 8.32. The summed E-state index contributed by atoms with van der Waals surface area (Å²) in [6.45, 7) is 1.92. The van der Waals surface area contributed by atoms with Crippen LogP contribution in [-0.4, -0.2) is 34.9 Å². The number of hydrogen-bond donors (Lipinski definition) is 1. The highest BCUT2D eigenvalue weighted by Gasteiger charge is 2.12. The molecule has 0 atom stereocenters. The van der Waals surface area contributed by atoms with E-state index in [-0.39, 0.29) is 5.91 Å². The van der Waals surface area contributed by atoms with Crippen molar-refractivity contribution in [3.63, 3.8) is 0 Å². The maximum absolute atomic E-state index is 12.3. The Balaban J connectivity index is 1.69. The summed E-state index contributed by atoms with van der Waals surface area (Å²) in [6.07, 6.45) is 2.52. The van der Waals surface area contributed by atoms with Crippen molar-refractivity contribution in [2.24, 2.45) is 7.05 Å². The van der Waals surface area contributed by atoms with Gasteiger partial charge in [0.05, 0.1) is 31.8 Å². The van der Waals surface area contributed by atoms with Crippen LogP contribution in [0.4, 0.5) is 5.69 Å². The zero-order chi connectivity index (χ0) is 18.7. The van der Waals surface area contributed by atoms with Crippen LogP contribution in [0, 0.1) is 6.92 Å². The Kier molecular flexibility index (Phi) is 5.06. The highest BCUT2D eigenvalue weighted by molar-refractivity contribution is 5.93. The molecule has 0 saturated carbocycles. The number of nitrogens with one attached hydrogen (secondary N) is 1. The monoisotopic (exact) mass is 354 g/mol. The number of rotatable bonds is 6. The number of carbonyl (C=O) groups excluding carboxylic acids is 1. The first kappa shape index (κ1) is 17.7. The second-order valence-electron chi connectivity index (χ2n) is 6.00. The molecule has 7 heteroatoms. The summed E-state index contributed by atoms with van der Waals surface area (Å²) < 4.78 is 12.4. The van der Waals surface area contributed by atoms with E-state index in [1.165, 1.54) is 0 Å². The minimum Gasteiger partial charge on any atom is -0.493 e. The summed E-state index contributed by atoms with van der Waals surface area (Å²) in [6, 6.07) is 7.55. The predicted molar refractivity (Wildman–Crippen MR) is 99.7 cm³/mol. The number of pyridine rings is 1. The number of para-hydroxylation sites is 1. The van der Waals surface area contributed by atoms with E-state index in [0.717, 1.165) is 22.3 Å². The predicted octanol–water partition coefficient (Wildman–Crippen LogP) is 2.87. The molecule has 1 N–H and O–H groups in total. The summed E-state index contributed by atoms with van der Waals surface area (Å²) in [4.78, 5) is 16.7. The molecule has 0 saturated heterocycles. The molecule has 3 aromatic rings. The van der Waals surface area contributed by atoms with Crippen molar-refractivity contribution in [3.8, 4) is 11.5 Å². The molecule has 7 nitrogen and oxygen atoms in total. The van der Waals surface area contributed by atoms with Gasteiger partial charge in [-0.15, -0.1) is 0 Å². The fraction of sp³-hybridized carbons (Fsp3) is 0.316. The first-order chi connectivity index (χ1) is 12.5. The average molecular weight is 354 g/mol. The van der Waals surface area contributed by atoms with Gasteiger partial charge < -0.3 is 14.8 Å². The Hall–Kier alpha value is -3.09. The van der Waals surface area contributed by atoms with Crippen molar-refractivity contribution in [1.29, 1.82) is 0 Å². The van der Waals surface area contributed by atoms with Crippen LogP contribution >= 0.6 is 0 Å². The van der Waals surface area contributed by atoms with Gasteiger partial charge in [-0.2, -0.15) is 5.10 Å². The molecule has 0 fully saturated rings. The standard InChI is InChI=1S/C19H22N4O3/c1-12-15-10-14(11-20-19(15)23(2)22-12)21-17(24)9-8-13-6-5-7-16(25-3)18(13)26-4/h5-7,10-11H,8-9H2,1-4H3,(H,21,24). The van der Waals surface area contributed by atoms with Gasteiger partial charge in [0.25, 0.3) is 0 Å². The SMILES string of the molecule is COc1cccc(CCC(=O)Nc2cnc3c(c2)c(C)nn3C)c1OC. The number of aromatic nitrogens is 3. The van der Waals surface area contributed by atoms with Gasteiger partial charge in [-0.05, 0) is 31.0 Å². The van der Waals surface area contributed by atoms with Gasteiger partial charge in [-0.3, -0.25) is 9.48 Å². The summed E-state index contributed by atoms with van der Waals surface area (Å²) in [5.74, 6) is 1.24. The fourth-order valence-electron chi connectivity index (χ4n) is 3.00. The van der Waals surface area contributed by atoms with Gasteiger partial charge in [-0.25, -0.2) is 4.98 Å². The highest BCUT2D eigenvalue weighted by Crippen LogP contribution is 2.31. The molecule has 0 bridgehead atoms. The molecule has 1 amide bonds. The van der Waals surface area contributed by atoms with Gasteiger partial charge in [0, 0.05) is 18.9 Å². The molecule has 2 aromatic heterocycles. The first-order valence-corrected chi connectivity index (χ1v) is 8.32. The van der Waals surface area contributed by atoms with E-state index < -0.39 is 0 Å². The lowest BCUT2D eigenvalue weighted by Crippen LogP contribution is -2.13. The highest BCUT2D eigenvalue weighted by atomic mass is 16.5. The van der Waals surface area contributed by atoms with Crippen LogP contribution < -0.4 is 14.8 Å². The lowest BCUT2D eigenvalue weighted by molar-refractivity contribution is -0.116. The molecule has 0 radical (unpaired) electrons. The van der Waals surface area contributed by atoms with Crippen LogP contribution in [0.3, 0.4) is 0 Å². The molecule has 0 spiro atoms. The summed E-state index contributed by atoms with van der Waals surface area (Å²) in [7, 11) is 5.04. The average Bonchev–Trinajstić information content (AvgIpc) is 2.93. The molecule has 1 aromatic carbocycles. The van der Waals surface area contributed by atoms with E-state index in [1.54, 1.807) is 25.1 Å². The number of nitrogens with zero attached hydrogens (tertiary/aromatic N) is 3. The van der Waals surface area contributed by atoms with Crippen molar-refractivity contribution >= 4 is 22.6 Å². The maximum Gasteiger partial charge on any atom is 0.224 e. The van der Waals surface area contributed by atoms with E-state index in [0.29, 0.717) is 30.0 Å². The Morgan fingerprint density at radius 2 is 2.08 bits per heavy atom. The molecule has 3 rings (SSSR count). The van der Waals surface area contributed by atoms with E-state index in [1.807, 2.05) is 38.2 Å². The van der Waals surface area contributed by atoms with Crippen molar-refractivity contribution in [2.45, 2.75) is 19.8 Å². The second kappa shape index (κ2) is 7.43. The topological polar surface area (TPSA) is 78.3 Å². The quantitative estimate of drug-likeness (QED) is 0.736. The largest absolute Gasteiger partial charge is 0.493 e. The number of fused-ring (bicyclic) bond motifs is 1. The number of amides is 1. The molecule has 136 valence electrons. The third-order valence-corrected chi connectivity index (χ3v) is 4.25. The molecule has 26 heavy (non-hydrogen) atoms. The van der Waals surface area contributed by atoms with Crippen LogP contribution in [0.1, 0.15) is 17.7 Å². The minimum absolute atomic E-state index is 0.0856. The van der Waals surface area contributed by atoms with Crippen molar-refractivity contribution in [1.82, 2.24) is 14.8 Å². The van der Waals surface area contributed by atoms with Gasteiger partial charge >= 0.3 is 0 Å². The summed E-state index contributed by atoms with van der Waals surface area (Å²) in [5.41, 5.74) is 3.27. The number of carbonyl (C=O) groups is 1. The summed E-state index contributed by atoms with van der Waals surface area (Å²) >= 11 is 0. The van der Waals surface area contributed by atoms with Crippen molar-refractivity contribution < 1.29 is 14.3 Å². The number of anilines is 1. The molecular weight excluding hydrogens is 332 g/mol. The molecule has 0 unspecified atom stereocenters. The van der Waals surface area contributed by atoms with Crippen LogP contribution in [0.25, 0.3) is 11.0 Å². The van der Waals surface area contributed by atoms with E-state index in [4.69, 9.17) is 9.47 Å². The van der Waals surface area contributed by atoms with E-state index in [2.05, 4.69) is 15.4 Å². The maximum atomic E-state index is 12.3. The Bertz CT molecular complexity index is 949. The third-order valence-electron chi connectivity index (χ3n) is 4.25. The van der Waals surface area contributed by atoms with Crippen LogP contribution in [0.2, 0.25) is 0 Å². The van der Waals surface area contributed by atoms with Crippen LogP contribution in [0.15, 0.2) is 30.5 Å². The molecule has 0 aliphatic carbocycles. The van der Waals surface area contributed by atoms with E-state index >= 15 is 0 Å². The number of aryl methyl sites for hydroxylation is 3. The Labute approximate surface area is 151 Å². The number of benzene rings is 1. The number of methoxy groups -OCH3 is 2. The van der Waals surface area contributed by atoms with Crippen molar-refractivity contribution in [2.75, 3.05) is 19.5 Å². The molecule has 0 aliphatic rings. The Morgan fingerprint density at radius 1 is 1.27 bits per heavy atom. The lowest BCUT2D eigenvalue weighted by Gasteiger charge is -2.12. The number of hydrogen-bond acceptors (Lipinski definition) is 5. The minimum atomic E-state index is -0.0856. The van der Waals surface area contributed by atoms with E-state index in [9.17, 15) is 4.79 Å². The normalized spacial score (nSPS) is 10.8. The number of ether oxygens (including phenoxy) is 2. The lowest BCUT2D eigenvalue weighted by atomic mass is 10.1. The third kappa shape index (κ3) is 3.46. The van der Waals surface area contributed by atoms with Gasteiger partial charge in [0.15, 0.2) is 17.1 Å². The zero-order valence-corrected chi connectivity index (χ0v) is 15.4.